The van der Waals surface area contributed by atoms with Gasteiger partial charge in [-0.25, -0.2) is 0 Å². The van der Waals surface area contributed by atoms with Gasteiger partial charge in [-0.05, 0) is 13.0 Å². The van der Waals surface area contributed by atoms with E-state index in [0.717, 1.165) is 6.42 Å². The normalized spacial score (nSPS) is 12.5. The van der Waals surface area contributed by atoms with Crippen LogP contribution in [0, 0.1) is 0 Å². The maximum Gasteiger partial charge on any atom is 0.320 e. The molecule has 5 nitrogen and oxygen atoms in total. The zero-order chi connectivity index (χ0) is 11.8. The maximum atomic E-state index is 11.2. The van der Waals surface area contributed by atoms with E-state index in [1.54, 1.807) is 11.9 Å². The first-order chi connectivity index (χ1) is 7.06. The standard InChI is InChI=1S/C10H20N2O3/c1-4-6-8(10(14)15)12(5-2)7-9(13)11-3/h8H,4-7H2,1-3H3,(H,11,13)(H,14,15). The van der Waals surface area contributed by atoms with Crippen LogP contribution in [0.1, 0.15) is 26.7 Å². The molecular formula is C10H20N2O3. The second-order valence-corrected chi connectivity index (χ2v) is 3.38. The molecule has 0 spiro atoms. The van der Waals surface area contributed by atoms with Crippen molar-refractivity contribution in [2.24, 2.45) is 0 Å². The predicted molar refractivity (Wildman–Crippen MR) is 57.6 cm³/mol. The van der Waals surface area contributed by atoms with Crippen LogP contribution in [0.3, 0.4) is 0 Å². The van der Waals surface area contributed by atoms with Crippen molar-refractivity contribution in [3.63, 3.8) is 0 Å². The number of amides is 1. The van der Waals surface area contributed by atoms with Crippen molar-refractivity contribution < 1.29 is 14.7 Å². The molecule has 0 aliphatic heterocycles. The first-order valence-electron chi connectivity index (χ1n) is 5.24. The first-order valence-corrected chi connectivity index (χ1v) is 5.24. The smallest absolute Gasteiger partial charge is 0.320 e. The SMILES string of the molecule is CCCC(C(=O)O)N(CC)CC(=O)NC. The van der Waals surface area contributed by atoms with Gasteiger partial charge in [0.05, 0.1) is 6.54 Å². The highest BCUT2D eigenvalue weighted by molar-refractivity contribution is 5.79. The van der Waals surface area contributed by atoms with Crippen molar-refractivity contribution in [2.75, 3.05) is 20.1 Å². The van der Waals surface area contributed by atoms with E-state index in [1.165, 1.54) is 0 Å². The fourth-order valence-electron chi connectivity index (χ4n) is 1.44. The molecule has 0 aliphatic rings. The van der Waals surface area contributed by atoms with Gasteiger partial charge in [0.15, 0.2) is 0 Å². The Kier molecular flexibility index (Phi) is 6.70. The van der Waals surface area contributed by atoms with Gasteiger partial charge in [0.25, 0.3) is 0 Å². The largest absolute Gasteiger partial charge is 0.480 e. The number of hydrogen-bond acceptors (Lipinski definition) is 3. The Morgan fingerprint density at radius 1 is 1.40 bits per heavy atom. The van der Waals surface area contributed by atoms with E-state index in [9.17, 15) is 9.59 Å². The Hall–Kier alpha value is -1.10. The van der Waals surface area contributed by atoms with Crippen LogP contribution >= 0.6 is 0 Å². The Morgan fingerprint density at radius 2 is 2.00 bits per heavy atom. The number of aliphatic carboxylic acids is 1. The topological polar surface area (TPSA) is 69.6 Å². The number of nitrogens with one attached hydrogen (secondary N) is 1. The lowest BCUT2D eigenvalue weighted by atomic mass is 10.1. The van der Waals surface area contributed by atoms with Gasteiger partial charge >= 0.3 is 5.97 Å². The summed E-state index contributed by atoms with van der Waals surface area (Å²) in [6.45, 7) is 4.49. The molecule has 1 amide bonds. The molecule has 0 aliphatic carbocycles. The van der Waals surface area contributed by atoms with Crippen LogP contribution in [0.2, 0.25) is 0 Å². The Bertz CT molecular complexity index is 219. The predicted octanol–water partition coefficient (Wildman–Crippen LogP) is 0.308. The zero-order valence-corrected chi connectivity index (χ0v) is 9.62. The number of likely N-dealkylation sites (N-methyl/N-ethyl adjacent to an activating group) is 2. The highest BCUT2D eigenvalue weighted by Crippen LogP contribution is 2.07. The second kappa shape index (κ2) is 7.23. The summed E-state index contributed by atoms with van der Waals surface area (Å²) in [6.07, 6.45) is 1.36. The molecular weight excluding hydrogens is 196 g/mol. The van der Waals surface area contributed by atoms with Crippen LogP contribution in [0.4, 0.5) is 0 Å². The van der Waals surface area contributed by atoms with Crippen molar-refractivity contribution in [1.29, 1.82) is 0 Å². The number of carbonyl (C=O) groups excluding carboxylic acids is 1. The number of carboxylic acid groups (broad SMARTS) is 1. The molecule has 0 aromatic heterocycles. The van der Waals surface area contributed by atoms with Crippen molar-refractivity contribution >= 4 is 11.9 Å². The van der Waals surface area contributed by atoms with Gasteiger partial charge in [0.1, 0.15) is 6.04 Å². The third-order valence-electron chi connectivity index (χ3n) is 2.32. The molecule has 0 radical (unpaired) electrons. The van der Waals surface area contributed by atoms with Gasteiger partial charge < -0.3 is 10.4 Å². The minimum Gasteiger partial charge on any atom is -0.480 e. The Morgan fingerprint density at radius 3 is 2.33 bits per heavy atom. The zero-order valence-electron chi connectivity index (χ0n) is 9.62. The van der Waals surface area contributed by atoms with Crippen LogP contribution < -0.4 is 5.32 Å². The van der Waals surface area contributed by atoms with E-state index in [1.807, 2.05) is 13.8 Å². The molecule has 88 valence electrons. The van der Waals surface area contributed by atoms with Gasteiger partial charge in [-0.1, -0.05) is 20.3 Å². The summed E-state index contributed by atoms with van der Waals surface area (Å²) in [5, 5.41) is 11.5. The number of carboxylic acids is 1. The maximum absolute atomic E-state index is 11.2. The van der Waals surface area contributed by atoms with Crippen LogP contribution in [-0.2, 0) is 9.59 Å². The minimum atomic E-state index is -0.859. The van der Waals surface area contributed by atoms with Gasteiger partial charge in [-0.3, -0.25) is 14.5 Å². The highest BCUT2D eigenvalue weighted by Gasteiger charge is 2.24. The number of hydrogen-bond donors (Lipinski definition) is 2. The minimum absolute atomic E-state index is 0.143. The van der Waals surface area contributed by atoms with Crippen molar-refractivity contribution in [2.45, 2.75) is 32.7 Å². The fourth-order valence-corrected chi connectivity index (χ4v) is 1.44. The highest BCUT2D eigenvalue weighted by atomic mass is 16.4. The average Bonchev–Trinajstić information content (AvgIpc) is 2.22. The Balaban J connectivity index is 4.44. The lowest BCUT2D eigenvalue weighted by Gasteiger charge is -2.26. The second-order valence-electron chi connectivity index (χ2n) is 3.38. The van der Waals surface area contributed by atoms with E-state index < -0.39 is 12.0 Å². The van der Waals surface area contributed by atoms with Crippen molar-refractivity contribution in [3.8, 4) is 0 Å². The summed E-state index contributed by atoms with van der Waals surface area (Å²) < 4.78 is 0. The molecule has 0 heterocycles. The van der Waals surface area contributed by atoms with E-state index in [4.69, 9.17) is 5.11 Å². The summed E-state index contributed by atoms with van der Waals surface area (Å²) in [7, 11) is 1.55. The van der Waals surface area contributed by atoms with Crippen LogP contribution in [0.5, 0.6) is 0 Å². The molecule has 0 aromatic carbocycles. The summed E-state index contributed by atoms with van der Waals surface area (Å²) in [4.78, 5) is 23.8. The van der Waals surface area contributed by atoms with Gasteiger partial charge in [0.2, 0.25) is 5.91 Å². The molecule has 0 rings (SSSR count). The lowest BCUT2D eigenvalue weighted by Crippen LogP contribution is -2.45. The molecule has 1 unspecified atom stereocenters. The summed E-state index contributed by atoms with van der Waals surface area (Å²) in [6, 6.07) is -0.558. The monoisotopic (exact) mass is 216 g/mol. The number of carbonyl (C=O) groups is 2. The third-order valence-corrected chi connectivity index (χ3v) is 2.32. The first kappa shape index (κ1) is 13.9. The molecule has 2 N–H and O–H groups in total. The quantitative estimate of drug-likeness (QED) is 0.642. The van der Waals surface area contributed by atoms with Gasteiger partial charge in [0, 0.05) is 7.05 Å². The fraction of sp³-hybridized carbons (Fsp3) is 0.800. The van der Waals surface area contributed by atoms with Crippen LogP contribution in [-0.4, -0.2) is 48.1 Å². The molecule has 0 fully saturated rings. The van der Waals surface area contributed by atoms with Gasteiger partial charge in [-0.2, -0.15) is 0 Å². The summed E-state index contributed by atoms with van der Waals surface area (Å²) >= 11 is 0. The molecule has 0 bridgehead atoms. The average molecular weight is 216 g/mol. The summed E-state index contributed by atoms with van der Waals surface area (Å²) in [5.41, 5.74) is 0. The van der Waals surface area contributed by atoms with Crippen molar-refractivity contribution in [3.05, 3.63) is 0 Å². The number of rotatable bonds is 7. The molecule has 5 heteroatoms. The Labute approximate surface area is 90.5 Å². The van der Waals surface area contributed by atoms with Crippen molar-refractivity contribution in [1.82, 2.24) is 10.2 Å². The van der Waals surface area contributed by atoms with E-state index in [2.05, 4.69) is 5.32 Å². The van der Waals surface area contributed by atoms with Crippen LogP contribution in [0.25, 0.3) is 0 Å². The van der Waals surface area contributed by atoms with E-state index in [0.29, 0.717) is 13.0 Å². The molecule has 0 saturated heterocycles. The molecule has 0 aromatic rings. The molecule has 0 saturated carbocycles. The molecule has 15 heavy (non-hydrogen) atoms. The van der Waals surface area contributed by atoms with E-state index >= 15 is 0 Å². The van der Waals surface area contributed by atoms with Crippen LogP contribution in [0.15, 0.2) is 0 Å². The lowest BCUT2D eigenvalue weighted by molar-refractivity contribution is -0.144. The summed E-state index contributed by atoms with van der Waals surface area (Å²) in [5.74, 6) is -1.01. The third kappa shape index (κ3) is 4.78. The van der Waals surface area contributed by atoms with Gasteiger partial charge in [-0.15, -0.1) is 0 Å². The molecule has 1 atom stereocenters. The van der Waals surface area contributed by atoms with E-state index in [-0.39, 0.29) is 12.5 Å². The number of nitrogens with zero attached hydrogens (tertiary/aromatic N) is 1.